The maximum absolute atomic E-state index is 13.2. The van der Waals surface area contributed by atoms with Crippen molar-refractivity contribution in [2.45, 2.75) is 17.5 Å². The molecule has 1 aliphatic heterocycles. The van der Waals surface area contributed by atoms with Crippen LogP contribution in [-0.4, -0.2) is 45.4 Å². The molecule has 1 fully saturated rings. The molecule has 0 N–H and O–H groups in total. The van der Waals surface area contributed by atoms with Gasteiger partial charge in [0.15, 0.2) is 5.65 Å². The summed E-state index contributed by atoms with van der Waals surface area (Å²) in [4.78, 5) is 18.2. The van der Waals surface area contributed by atoms with E-state index in [-0.39, 0.29) is 11.5 Å². The van der Waals surface area contributed by atoms with E-state index < -0.39 is 11.4 Å². The second-order valence-electron chi connectivity index (χ2n) is 5.87. The minimum absolute atomic E-state index is 0.173. The fraction of sp³-hybridized carbons (Fsp3) is 0.278. The smallest absolute Gasteiger partial charge is 0.272 e. The zero-order valence-electron chi connectivity index (χ0n) is 14.5. The molecule has 1 unspecified atom stereocenters. The van der Waals surface area contributed by atoms with Gasteiger partial charge in [0.1, 0.15) is 23.5 Å². The van der Waals surface area contributed by atoms with Gasteiger partial charge in [0.25, 0.3) is 5.24 Å². The van der Waals surface area contributed by atoms with Crippen LogP contribution in [0.1, 0.15) is 16.9 Å². The molecule has 0 spiro atoms. The topological polar surface area (TPSA) is 50.5 Å². The number of rotatable bonds is 3. The minimum Gasteiger partial charge on any atom is -0.352 e. The summed E-state index contributed by atoms with van der Waals surface area (Å²) in [6.07, 6.45) is 3.03. The van der Waals surface area contributed by atoms with Crippen molar-refractivity contribution >= 4 is 40.1 Å². The lowest BCUT2D eigenvalue weighted by atomic mass is 10.3. The van der Waals surface area contributed by atoms with Crippen LogP contribution in [0.15, 0.2) is 47.5 Å². The summed E-state index contributed by atoms with van der Waals surface area (Å²) in [5.74, 6) is 0.451. The molecular formula is C18H17ClF2N4OS. The predicted molar refractivity (Wildman–Crippen MR) is 103 cm³/mol. The number of fused-ring (bicyclic) bond motifs is 1. The van der Waals surface area contributed by atoms with Crippen LogP contribution >= 0.6 is 23.4 Å². The van der Waals surface area contributed by atoms with Gasteiger partial charge in [0.05, 0.1) is 12.7 Å². The van der Waals surface area contributed by atoms with Gasteiger partial charge < -0.3 is 4.90 Å². The predicted octanol–water partition coefficient (Wildman–Crippen LogP) is 4.20. The van der Waals surface area contributed by atoms with Gasteiger partial charge in [0, 0.05) is 11.4 Å². The highest BCUT2D eigenvalue weighted by atomic mass is 35.5. The number of hydrogen-bond acceptors (Lipinski definition) is 5. The quantitative estimate of drug-likeness (QED) is 0.478. The molecule has 2 aromatic heterocycles. The van der Waals surface area contributed by atoms with E-state index in [1.807, 2.05) is 11.2 Å². The van der Waals surface area contributed by atoms with Gasteiger partial charge in [0.2, 0.25) is 0 Å². The first-order valence-electron chi connectivity index (χ1n) is 8.21. The van der Waals surface area contributed by atoms with Crippen molar-refractivity contribution < 1.29 is 13.6 Å². The standard InChI is InChI=1S/C11H10ClFN4O.C7H7FS/c12-11(18)8-5-14-9-1-2-10(15-17(8)9)16-4-3-7(13)6-16;1-9-7-4-2-6(8)3-5-7/h1-2,5,7H,3-4,6H2;2-5H,1H3. The molecule has 0 amide bonds. The summed E-state index contributed by atoms with van der Waals surface area (Å²) < 4.78 is 26.8. The third-order valence-electron chi connectivity index (χ3n) is 4.05. The van der Waals surface area contributed by atoms with Gasteiger partial charge in [-0.3, -0.25) is 4.79 Å². The Morgan fingerprint density at radius 1 is 1.26 bits per heavy atom. The van der Waals surface area contributed by atoms with Gasteiger partial charge in [-0.1, -0.05) is 0 Å². The maximum Gasteiger partial charge on any atom is 0.272 e. The number of benzene rings is 1. The van der Waals surface area contributed by atoms with Gasteiger partial charge >= 0.3 is 0 Å². The molecule has 0 bridgehead atoms. The van der Waals surface area contributed by atoms with E-state index in [1.54, 1.807) is 36.0 Å². The largest absolute Gasteiger partial charge is 0.352 e. The molecule has 0 radical (unpaired) electrons. The summed E-state index contributed by atoms with van der Waals surface area (Å²) in [6, 6.07) is 9.96. The number of carbonyl (C=O) groups excluding carboxylic acids is 1. The molecule has 4 rings (SSSR count). The van der Waals surface area contributed by atoms with Crippen molar-refractivity contribution in [1.29, 1.82) is 0 Å². The van der Waals surface area contributed by atoms with Crippen molar-refractivity contribution in [3.63, 3.8) is 0 Å². The van der Waals surface area contributed by atoms with Crippen LogP contribution in [0.2, 0.25) is 0 Å². The van der Waals surface area contributed by atoms with Crippen LogP contribution in [0, 0.1) is 5.82 Å². The average Bonchev–Trinajstić information content (AvgIpc) is 3.28. The van der Waals surface area contributed by atoms with Crippen LogP contribution in [0.4, 0.5) is 14.6 Å². The molecule has 1 saturated heterocycles. The fourth-order valence-electron chi connectivity index (χ4n) is 2.66. The summed E-state index contributed by atoms with van der Waals surface area (Å²) in [7, 11) is 0. The van der Waals surface area contributed by atoms with Crippen LogP contribution in [0.3, 0.4) is 0 Å². The van der Waals surface area contributed by atoms with E-state index in [4.69, 9.17) is 11.6 Å². The number of carbonyl (C=O) groups is 1. The molecule has 1 aromatic carbocycles. The first-order chi connectivity index (χ1) is 13.0. The number of alkyl halides is 1. The summed E-state index contributed by atoms with van der Waals surface area (Å²) in [5.41, 5.74) is 0.753. The normalized spacial score (nSPS) is 16.3. The van der Waals surface area contributed by atoms with Gasteiger partial charge in [-0.25, -0.2) is 18.3 Å². The van der Waals surface area contributed by atoms with E-state index in [2.05, 4.69) is 10.1 Å². The van der Waals surface area contributed by atoms with Gasteiger partial charge in [-0.05, 0) is 60.7 Å². The van der Waals surface area contributed by atoms with Crippen LogP contribution < -0.4 is 4.90 Å². The molecule has 1 atom stereocenters. The molecule has 9 heteroatoms. The van der Waals surface area contributed by atoms with Crippen molar-refractivity contribution in [2.75, 3.05) is 24.2 Å². The number of aromatic nitrogens is 3. The second-order valence-corrected chi connectivity index (χ2v) is 7.09. The van der Waals surface area contributed by atoms with Crippen LogP contribution in [-0.2, 0) is 0 Å². The third-order valence-corrected chi connectivity index (χ3v) is 4.99. The lowest BCUT2D eigenvalue weighted by Gasteiger charge is -2.15. The second kappa shape index (κ2) is 8.67. The molecule has 0 saturated carbocycles. The highest BCUT2D eigenvalue weighted by molar-refractivity contribution is 7.98. The molecule has 27 heavy (non-hydrogen) atoms. The zero-order valence-corrected chi connectivity index (χ0v) is 16.1. The molecule has 5 nitrogen and oxygen atoms in total. The molecule has 1 aliphatic rings. The fourth-order valence-corrected chi connectivity index (χ4v) is 3.20. The van der Waals surface area contributed by atoms with E-state index in [9.17, 15) is 13.6 Å². The SMILES string of the molecule is CSc1ccc(F)cc1.O=C(Cl)c1cnc2ccc(N3CCC(F)C3)nn12. The number of hydrogen-bond donors (Lipinski definition) is 0. The first-order valence-corrected chi connectivity index (χ1v) is 9.81. The maximum atomic E-state index is 13.2. The summed E-state index contributed by atoms with van der Waals surface area (Å²) in [5, 5.41) is 3.67. The van der Waals surface area contributed by atoms with E-state index >= 15 is 0 Å². The van der Waals surface area contributed by atoms with Crippen molar-refractivity contribution in [1.82, 2.24) is 14.6 Å². The number of thioether (sulfide) groups is 1. The Morgan fingerprint density at radius 3 is 2.59 bits per heavy atom. The van der Waals surface area contributed by atoms with Gasteiger partial charge in [-0.2, -0.15) is 0 Å². The lowest BCUT2D eigenvalue weighted by molar-refractivity contribution is 0.107. The van der Waals surface area contributed by atoms with E-state index in [0.717, 1.165) is 4.90 Å². The van der Waals surface area contributed by atoms with Gasteiger partial charge in [-0.15, -0.1) is 16.9 Å². The Balaban J connectivity index is 0.000000197. The molecule has 0 aliphatic carbocycles. The average molecular weight is 411 g/mol. The highest BCUT2D eigenvalue weighted by Crippen LogP contribution is 2.20. The van der Waals surface area contributed by atoms with E-state index in [1.165, 1.54) is 22.8 Å². The first kappa shape index (κ1) is 19.6. The van der Waals surface area contributed by atoms with E-state index in [0.29, 0.717) is 31.0 Å². The summed E-state index contributed by atoms with van der Waals surface area (Å²) >= 11 is 7.06. The Labute approximate surface area is 164 Å². The van der Waals surface area contributed by atoms with Crippen LogP contribution in [0.5, 0.6) is 0 Å². The van der Waals surface area contributed by atoms with Crippen molar-refractivity contribution in [2.24, 2.45) is 0 Å². The Hall–Kier alpha value is -2.19. The number of anilines is 1. The van der Waals surface area contributed by atoms with Crippen LogP contribution in [0.25, 0.3) is 5.65 Å². The Morgan fingerprint density at radius 2 is 2.00 bits per heavy atom. The minimum atomic E-state index is -0.820. The number of nitrogens with zero attached hydrogens (tertiary/aromatic N) is 4. The number of imidazole rings is 1. The highest BCUT2D eigenvalue weighted by Gasteiger charge is 2.23. The lowest BCUT2D eigenvalue weighted by Crippen LogP contribution is -2.22. The molecule has 3 aromatic rings. The Kier molecular flexibility index (Phi) is 6.28. The molecule has 142 valence electrons. The third kappa shape index (κ3) is 4.75. The van der Waals surface area contributed by atoms with Crippen molar-refractivity contribution in [3.8, 4) is 0 Å². The summed E-state index contributed by atoms with van der Waals surface area (Å²) in [6.45, 7) is 0.954. The monoisotopic (exact) mass is 410 g/mol. The zero-order chi connectivity index (χ0) is 19.4. The Bertz CT molecular complexity index is 935. The van der Waals surface area contributed by atoms with Crippen molar-refractivity contribution in [3.05, 3.63) is 54.1 Å². The molecular weight excluding hydrogens is 394 g/mol. The number of halogens is 3. The molecule has 3 heterocycles.